The van der Waals surface area contributed by atoms with Gasteiger partial charge in [0.1, 0.15) is 0 Å². The third-order valence-electron chi connectivity index (χ3n) is 1.25. The highest BCUT2D eigenvalue weighted by Crippen LogP contribution is 2.09. The molecule has 0 N–H and O–H groups in total. The van der Waals surface area contributed by atoms with Crippen LogP contribution < -0.4 is 0 Å². The van der Waals surface area contributed by atoms with Gasteiger partial charge in [0, 0.05) is 13.1 Å². The summed E-state index contributed by atoms with van der Waals surface area (Å²) in [5.41, 5.74) is 0. The van der Waals surface area contributed by atoms with Crippen molar-refractivity contribution in [2.24, 2.45) is 5.92 Å². The summed E-state index contributed by atoms with van der Waals surface area (Å²) in [6.07, 6.45) is 1.25. The molecule has 0 bridgehead atoms. The zero-order valence-electron chi connectivity index (χ0n) is 9.15. The highest BCUT2D eigenvalue weighted by molar-refractivity contribution is 4.71. The summed E-state index contributed by atoms with van der Waals surface area (Å²) < 4.78 is 0. The molecular weight excluding hydrogens is 134 g/mol. The molecule has 0 unspecified atom stereocenters. The fraction of sp³-hybridized carbons (Fsp3) is 1.00. The Kier molecular flexibility index (Phi) is 12.3. The van der Waals surface area contributed by atoms with E-state index in [1.807, 2.05) is 13.8 Å². The molecule has 1 saturated heterocycles. The largest absolute Gasteiger partial charge is 0.306 e. The topological polar surface area (TPSA) is 3.24 Å². The third-order valence-corrected chi connectivity index (χ3v) is 1.25. The molecule has 1 aliphatic heterocycles. The van der Waals surface area contributed by atoms with Crippen LogP contribution >= 0.6 is 0 Å². The second-order valence-electron chi connectivity index (χ2n) is 3.03. The first-order chi connectivity index (χ1) is 5.20. The summed E-state index contributed by atoms with van der Waals surface area (Å²) in [6, 6.07) is 0. The van der Waals surface area contributed by atoms with Gasteiger partial charge in [0.25, 0.3) is 0 Å². The van der Waals surface area contributed by atoms with E-state index in [-0.39, 0.29) is 0 Å². The molecule has 1 fully saturated rings. The van der Waals surface area contributed by atoms with Gasteiger partial charge in [-0.25, -0.2) is 0 Å². The van der Waals surface area contributed by atoms with Gasteiger partial charge in [0.05, 0.1) is 0 Å². The lowest BCUT2D eigenvalue weighted by Crippen LogP contribution is -2.41. The van der Waals surface area contributed by atoms with Crippen molar-refractivity contribution in [2.75, 3.05) is 20.1 Å². The van der Waals surface area contributed by atoms with Crippen LogP contribution in [0.4, 0.5) is 0 Å². The van der Waals surface area contributed by atoms with Gasteiger partial charge in [-0.1, -0.05) is 41.0 Å². The van der Waals surface area contributed by atoms with Gasteiger partial charge in [-0.15, -0.1) is 0 Å². The zero-order chi connectivity index (χ0) is 9.28. The Morgan fingerprint density at radius 3 is 1.45 bits per heavy atom. The Balaban J connectivity index is 0. The smallest absolute Gasteiger partial charge is 0.00163 e. The Labute approximate surface area is 72.8 Å². The minimum Gasteiger partial charge on any atom is -0.306 e. The third kappa shape index (κ3) is 9.96. The predicted molar refractivity (Wildman–Crippen MR) is 54.0 cm³/mol. The number of rotatable bonds is 0. The Morgan fingerprint density at radius 1 is 1.18 bits per heavy atom. The molecule has 1 rings (SSSR count). The van der Waals surface area contributed by atoms with Crippen molar-refractivity contribution >= 4 is 0 Å². The summed E-state index contributed by atoms with van der Waals surface area (Å²) in [5, 5.41) is 0. The van der Waals surface area contributed by atoms with Gasteiger partial charge in [0.15, 0.2) is 0 Å². The van der Waals surface area contributed by atoms with E-state index < -0.39 is 0 Å². The fourth-order valence-corrected chi connectivity index (χ4v) is 1.01. The van der Waals surface area contributed by atoms with E-state index in [2.05, 4.69) is 32.7 Å². The number of likely N-dealkylation sites (tertiary alicyclic amines) is 1. The fourth-order valence-electron chi connectivity index (χ4n) is 1.01. The first kappa shape index (κ1) is 13.5. The summed E-state index contributed by atoms with van der Waals surface area (Å²) in [6.45, 7) is 13.1. The van der Waals surface area contributed by atoms with Gasteiger partial charge in [-0.2, -0.15) is 0 Å². The van der Waals surface area contributed by atoms with E-state index in [9.17, 15) is 0 Å². The van der Waals surface area contributed by atoms with Gasteiger partial charge in [0.2, 0.25) is 0 Å². The number of hydrogen-bond acceptors (Lipinski definition) is 1. The molecular formula is C10H25N. The van der Waals surface area contributed by atoms with Crippen molar-refractivity contribution in [1.29, 1.82) is 0 Å². The van der Waals surface area contributed by atoms with E-state index >= 15 is 0 Å². The van der Waals surface area contributed by atoms with Crippen LogP contribution in [0.3, 0.4) is 0 Å². The summed E-state index contributed by atoms with van der Waals surface area (Å²) >= 11 is 0. The van der Waals surface area contributed by atoms with Crippen LogP contribution in [0.1, 0.15) is 41.0 Å². The van der Waals surface area contributed by atoms with Crippen LogP contribution in [0.5, 0.6) is 0 Å². The molecule has 11 heavy (non-hydrogen) atoms. The molecule has 0 amide bonds. The van der Waals surface area contributed by atoms with Crippen LogP contribution in [0.2, 0.25) is 0 Å². The zero-order valence-corrected chi connectivity index (χ0v) is 9.15. The molecule has 0 radical (unpaired) electrons. The highest BCUT2D eigenvalue weighted by Gasteiger charge is 2.16. The van der Waals surface area contributed by atoms with Crippen LogP contribution in [-0.4, -0.2) is 25.0 Å². The predicted octanol–water partition coefficient (Wildman–Crippen LogP) is 3.01. The number of hydrogen-bond donors (Lipinski definition) is 0. The maximum absolute atomic E-state index is 2.32. The SMILES string of the molecule is CC.CC1CN(C)C1.CCC. The molecule has 0 aromatic heterocycles. The normalized spacial score (nSPS) is 16.9. The van der Waals surface area contributed by atoms with Gasteiger partial charge < -0.3 is 4.90 Å². The molecule has 0 spiro atoms. The number of nitrogens with zero attached hydrogens (tertiary/aromatic N) is 1. The second kappa shape index (κ2) is 9.96. The van der Waals surface area contributed by atoms with Crippen molar-refractivity contribution in [2.45, 2.75) is 41.0 Å². The monoisotopic (exact) mass is 159 g/mol. The van der Waals surface area contributed by atoms with Gasteiger partial charge >= 0.3 is 0 Å². The molecule has 1 heteroatoms. The Bertz CT molecular complexity index is 49.9. The van der Waals surface area contributed by atoms with Crippen LogP contribution in [0, 0.1) is 5.92 Å². The average molecular weight is 159 g/mol. The molecule has 1 heterocycles. The van der Waals surface area contributed by atoms with Gasteiger partial charge in [-0.05, 0) is 13.0 Å². The first-order valence-electron chi connectivity index (χ1n) is 4.89. The Hall–Kier alpha value is -0.0400. The molecule has 1 aliphatic rings. The van der Waals surface area contributed by atoms with Crippen molar-refractivity contribution in [3.05, 3.63) is 0 Å². The van der Waals surface area contributed by atoms with Crippen LogP contribution in [-0.2, 0) is 0 Å². The van der Waals surface area contributed by atoms with Crippen molar-refractivity contribution in [3.8, 4) is 0 Å². The molecule has 1 nitrogen and oxygen atoms in total. The maximum atomic E-state index is 2.32. The summed E-state index contributed by atoms with van der Waals surface area (Å²) in [5.74, 6) is 0.968. The maximum Gasteiger partial charge on any atom is 0.00163 e. The summed E-state index contributed by atoms with van der Waals surface area (Å²) in [7, 11) is 2.15. The lowest BCUT2D eigenvalue weighted by molar-refractivity contribution is 0.149. The molecule has 0 aliphatic carbocycles. The van der Waals surface area contributed by atoms with E-state index in [1.54, 1.807) is 0 Å². The minimum atomic E-state index is 0.968. The molecule has 0 saturated carbocycles. The van der Waals surface area contributed by atoms with Crippen LogP contribution in [0.15, 0.2) is 0 Å². The second-order valence-corrected chi connectivity index (χ2v) is 3.03. The molecule has 0 aromatic carbocycles. The highest BCUT2D eigenvalue weighted by atomic mass is 15.2. The lowest BCUT2D eigenvalue weighted by Gasteiger charge is -2.33. The summed E-state index contributed by atoms with van der Waals surface area (Å²) in [4.78, 5) is 2.32. The average Bonchev–Trinajstić information content (AvgIpc) is 1.92. The van der Waals surface area contributed by atoms with Crippen molar-refractivity contribution in [3.63, 3.8) is 0 Å². The molecule has 70 valence electrons. The molecule has 0 atom stereocenters. The van der Waals surface area contributed by atoms with Crippen LogP contribution in [0.25, 0.3) is 0 Å². The Morgan fingerprint density at radius 2 is 1.45 bits per heavy atom. The van der Waals surface area contributed by atoms with Crippen molar-refractivity contribution in [1.82, 2.24) is 4.90 Å². The van der Waals surface area contributed by atoms with E-state index in [0.29, 0.717) is 0 Å². The standard InChI is InChI=1S/C5H11N.C3H8.C2H6/c1-5-3-6(2)4-5;1-3-2;1-2/h5H,3-4H2,1-2H3;3H2,1-2H3;1-2H3. The van der Waals surface area contributed by atoms with E-state index in [0.717, 1.165) is 5.92 Å². The van der Waals surface area contributed by atoms with E-state index in [4.69, 9.17) is 0 Å². The van der Waals surface area contributed by atoms with Gasteiger partial charge in [-0.3, -0.25) is 0 Å². The molecule has 0 aromatic rings. The first-order valence-corrected chi connectivity index (χ1v) is 4.89. The lowest BCUT2D eigenvalue weighted by atomic mass is 10.1. The van der Waals surface area contributed by atoms with Crippen molar-refractivity contribution < 1.29 is 0 Å². The minimum absolute atomic E-state index is 0.968. The quantitative estimate of drug-likeness (QED) is 0.525. The van der Waals surface area contributed by atoms with E-state index in [1.165, 1.54) is 19.5 Å².